The Kier molecular flexibility index (Phi) is 5.91. The van der Waals surface area contributed by atoms with Gasteiger partial charge in [-0.25, -0.2) is 0 Å². The minimum absolute atomic E-state index is 0.136. The predicted octanol–water partition coefficient (Wildman–Crippen LogP) is -2.73. The van der Waals surface area contributed by atoms with Crippen LogP contribution in [0.3, 0.4) is 0 Å². The topological polar surface area (TPSA) is 158 Å². The van der Waals surface area contributed by atoms with Gasteiger partial charge in [0.2, 0.25) is 0 Å². The van der Waals surface area contributed by atoms with Crippen molar-refractivity contribution in [2.45, 2.75) is 74.8 Å². The van der Waals surface area contributed by atoms with Crippen molar-refractivity contribution >= 4 is 0 Å². The number of rotatable bonds is 4. The van der Waals surface area contributed by atoms with E-state index < -0.39 is 67.5 Å². The second kappa shape index (κ2) is 7.55. The molecule has 10 nitrogen and oxygen atoms in total. The Hall–Kier alpha value is -0.400. The lowest BCUT2D eigenvalue weighted by molar-refractivity contribution is -0.381. The fourth-order valence-electron chi connectivity index (χ4n) is 4.30. The Balaban J connectivity index is 1.79. The van der Waals surface area contributed by atoms with E-state index in [9.17, 15) is 30.6 Å². The summed E-state index contributed by atoms with van der Waals surface area (Å²) >= 11 is 0. The summed E-state index contributed by atoms with van der Waals surface area (Å²) in [6.07, 6.45) is -9.24. The zero-order valence-corrected chi connectivity index (χ0v) is 14.7. The normalized spacial score (nSPS) is 54.9. The van der Waals surface area contributed by atoms with E-state index in [0.29, 0.717) is 6.42 Å². The molecule has 0 bridgehead atoms. The molecular formula is C16H28O10. The Morgan fingerprint density at radius 2 is 1.73 bits per heavy atom. The van der Waals surface area contributed by atoms with Gasteiger partial charge in [0.15, 0.2) is 18.9 Å². The van der Waals surface area contributed by atoms with Crippen molar-refractivity contribution in [2.75, 3.05) is 13.7 Å². The Morgan fingerprint density at radius 1 is 1.04 bits per heavy atom. The smallest absolute Gasteiger partial charge is 0.189 e. The quantitative estimate of drug-likeness (QED) is 0.302. The molecule has 1 aliphatic carbocycles. The van der Waals surface area contributed by atoms with E-state index in [1.807, 2.05) is 0 Å². The van der Waals surface area contributed by atoms with Crippen LogP contribution in [0.4, 0.5) is 0 Å². The van der Waals surface area contributed by atoms with E-state index in [-0.39, 0.29) is 12.3 Å². The van der Waals surface area contributed by atoms with Crippen LogP contribution in [0.25, 0.3) is 0 Å². The van der Waals surface area contributed by atoms with Gasteiger partial charge in [-0.15, -0.1) is 0 Å². The minimum atomic E-state index is -1.59. The SMILES string of the molecule is CO[C@H]1C[C@@H]2[C@H]([C@H](O[C@@H]3O[C@H](CO)[C@@H](O)[C@H](O)[C@H]3O)O1)[C@@](C)(O)C[C@H]2O. The lowest BCUT2D eigenvalue weighted by Gasteiger charge is -2.46. The first-order valence-electron chi connectivity index (χ1n) is 8.74. The van der Waals surface area contributed by atoms with E-state index >= 15 is 0 Å². The summed E-state index contributed by atoms with van der Waals surface area (Å²) in [5, 5.41) is 60.2. The van der Waals surface area contributed by atoms with Gasteiger partial charge >= 0.3 is 0 Å². The standard InChI is InChI=1S/C16H28O10/c1-16(22)4-7(18)6-3-9(23-2)25-14(10(6)16)26-15-13(21)12(20)11(19)8(5-17)24-15/h6-15,17-22H,3-5H2,1-2H3/t6-,7+,8+,9+,10+,11+,12-,13+,14-,15-,16-/m0/s1. The monoisotopic (exact) mass is 380 g/mol. The van der Waals surface area contributed by atoms with Crippen molar-refractivity contribution < 1.29 is 49.6 Å². The number of hydrogen-bond donors (Lipinski definition) is 6. The molecule has 10 heteroatoms. The van der Waals surface area contributed by atoms with Gasteiger partial charge < -0.3 is 49.6 Å². The summed E-state index contributed by atoms with van der Waals surface area (Å²) in [6, 6.07) is 0. The van der Waals surface area contributed by atoms with E-state index in [2.05, 4.69) is 0 Å². The number of aliphatic hydroxyl groups excluding tert-OH is 5. The summed E-state index contributed by atoms with van der Waals surface area (Å²) in [6.45, 7) is 0.987. The first-order valence-corrected chi connectivity index (χ1v) is 8.74. The van der Waals surface area contributed by atoms with Gasteiger partial charge in [0.25, 0.3) is 0 Å². The maximum Gasteiger partial charge on any atom is 0.189 e. The summed E-state index contributed by atoms with van der Waals surface area (Å²) in [5.41, 5.74) is -1.28. The molecule has 26 heavy (non-hydrogen) atoms. The molecular weight excluding hydrogens is 352 g/mol. The molecule has 152 valence electrons. The third-order valence-corrected chi connectivity index (χ3v) is 5.72. The molecule has 11 atom stereocenters. The van der Waals surface area contributed by atoms with Crippen LogP contribution in [0.1, 0.15) is 19.8 Å². The highest BCUT2D eigenvalue weighted by Crippen LogP contribution is 2.49. The average Bonchev–Trinajstić information content (AvgIpc) is 2.84. The molecule has 0 radical (unpaired) electrons. The largest absolute Gasteiger partial charge is 0.394 e. The van der Waals surface area contributed by atoms with Gasteiger partial charge in [-0.1, -0.05) is 0 Å². The van der Waals surface area contributed by atoms with Crippen LogP contribution in [0.15, 0.2) is 0 Å². The lowest BCUT2D eigenvalue weighted by atomic mass is 9.82. The molecule has 1 saturated carbocycles. The zero-order valence-electron chi connectivity index (χ0n) is 14.7. The van der Waals surface area contributed by atoms with Gasteiger partial charge in [-0.3, -0.25) is 0 Å². The van der Waals surface area contributed by atoms with Crippen molar-refractivity contribution in [1.82, 2.24) is 0 Å². The number of aliphatic hydroxyl groups is 6. The van der Waals surface area contributed by atoms with Crippen molar-refractivity contribution in [2.24, 2.45) is 11.8 Å². The van der Waals surface area contributed by atoms with Gasteiger partial charge in [0.05, 0.1) is 18.3 Å². The predicted molar refractivity (Wildman–Crippen MR) is 83.4 cm³/mol. The number of fused-ring (bicyclic) bond motifs is 1. The van der Waals surface area contributed by atoms with Crippen molar-refractivity contribution in [3.8, 4) is 0 Å². The van der Waals surface area contributed by atoms with E-state index in [4.69, 9.17) is 18.9 Å². The number of ether oxygens (including phenoxy) is 4. The summed E-state index contributed by atoms with van der Waals surface area (Å²) in [7, 11) is 1.44. The maximum atomic E-state index is 10.7. The summed E-state index contributed by atoms with van der Waals surface area (Å²) < 4.78 is 22.0. The first-order chi connectivity index (χ1) is 12.2. The Bertz CT molecular complexity index is 486. The molecule has 0 aromatic heterocycles. The van der Waals surface area contributed by atoms with Crippen LogP contribution in [0.2, 0.25) is 0 Å². The zero-order chi connectivity index (χ0) is 19.2. The Morgan fingerprint density at radius 3 is 2.35 bits per heavy atom. The van der Waals surface area contributed by atoms with Gasteiger partial charge in [-0.05, 0) is 6.92 Å². The maximum absolute atomic E-state index is 10.7. The van der Waals surface area contributed by atoms with Crippen LogP contribution in [0.5, 0.6) is 0 Å². The molecule has 2 heterocycles. The fraction of sp³-hybridized carbons (Fsp3) is 1.00. The van der Waals surface area contributed by atoms with Crippen molar-refractivity contribution in [3.63, 3.8) is 0 Å². The molecule has 0 amide bonds. The molecule has 3 fully saturated rings. The molecule has 0 aromatic carbocycles. The number of methoxy groups -OCH3 is 1. The van der Waals surface area contributed by atoms with Crippen molar-refractivity contribution in [3.05, 3.63) is 0 Å². The molecule has 2 saturated heterocycles. The molecule has 6 N–H and O–H groups in total. The minimum Gasteiger partial charge on any atom is -0.394 e. The van der Waals surface area contributed by atoms with Crippen LogP contribution >= 0.6 is 0 Å². The lowest BCUT2D eigenvalue weighted by Crippen LogP contribution is -2.61. The van der Waals surface area contributed by atoms with Crippen LogP contribution in [-0.4, -0.2) is 99.3 Å². The van der Waals surface area contributed by atoms with Gasteiger partial charge in [0, 0.05) is 31.8 Å². The van der Waals surface area contributed by atoms with E-state index in [1.54, 1.807) is 6.92 Å². The molecule has 3 aliphatic rings. The van der Waals surface area contributed by atoms with E-state index in [1.165, 1.54) is 7.11 Å². The fourth-order valence-corrected chi connectivity index (χ4v) is 4.30. The van der Waals surface area contributed by atoms with Crippen LogP contribution < -0.4 is 0 Å². The van der Waals surface area contributed by atoms with Crippen molar-refractivity contribution in [1.29, 1.82) is 0 Å². The summed E-state index contributed by atoms with van der Waals surface area (Å²) in [4.78, 5) is 0. The average molecular weight is 380 g/mol. The molecule has 2 aliphatic heterocycles. The third kappa shape index (κ3) is 3.51. The molecule has 3 rings (SSSR count). The number of hydrogen-bond acceptors (Lipinski definition) is 10. The summed E-state index contributed by atoms with van der Waals surface area (Å²) in [5.74, 6) is -0.963. The van der Waals surface area contributed by atoms with E-state index in [0.717, 1.165) is 0 Å². The second-order valence-corrected chi connectivity index (χ2v) is 7.56. The van der Waals surface area contributed by atoms with Gasteiger partial charge in [-0.2, -0.15) is 0 Å². The third-order valence-electron chi connectivity index (χ3n) is 5.72. The molecule has 0 spiro atoms. The highest BCUT2D eigenvalue weighted by Gasteiger charge is 2.58. The highest BCUT2D eigenvalue weighted by molar-refractivity contribution is 5.03. The molecule has 0 unspecified atom stereocenters. The second-order valence-electron chi connectivity index (χ2n) is 7.56. The Labute approximate surface area is 150 Å². The van der Waals surface area contributed by atoms with Crippen LogP contribution in [0, 0.1) is 11.8 Å². The first kappa shape index (κ1) is 20.3. The van der Waals surface area contributed by atoms with Gasteiger partial charge in [0.1, 0.15) is 24.4 Å². The van der Waals surface area contributed by atoms with Crippen LogP contribution in [-0.2, 0) is 18.9 Å². The highest BCUT2D eigenvalue weighted by atomic mass is 16.8. The molecule has 0 aromatic rings.